The van der Waals surface area contributed by atoms with Gasteiger partial charge in [-0.25, -0.2) is 0 Å². The van der Waals surface area contributed by atoms with Gasteiger partial charge in [0.15, 0.2) is 11.3 Å². The summed E-state index contributed by atoms with van der Waals surface area (Å²) < 4.78 is 48.6. The maximum Gasteiger partial charge on any atom is 0.417 e. The molecule has 0 saturated carbocycles. The van der Waals surface area contributed by atoms with Crippen LogP contribution < -0.4 is 4.74 Å². The number of para-hydroxylation sites is 1. The molecule has 0 aliphatic heterocycles. The van der Waals surface area contributed by atoms with Crippen LogP contribution in [-0.4, -0.2) is 12.1 Å². The Labute approximate surface area is 140 Å². The van der Waals surface area contributed by atoms with Crippen molar-refractivity contribution < 1.29 is 22.3 Å². The molecule has 0 radical (unpaired) electrons. The molecule has 0 spiro atoms. The van der Waals surface area contributed by atoms with Gasteiger partial charge in [0, 0.05) is 17.7 Å². The van der Waals surface area contributed by atoms with Gasteiger partial charge in [-0.1, -0.05) is 12.1 Å². The fourth-order valence-corrected chi connectivity index (χ4v) is 2.31. The minimum absolute atomic E-state index is 0.0896. The normalized spacial score (nSPS) is 12.2. The minimum atomic E-state index is -4.47. The number of furan rings is 1. The summed E-state index contributed by atoms with van der Waals surface area (Å²) in [6.45, 7) is 0. The van der Waals surface area contributed by atoms with E-state index in [-0.39, 0.29) is 11.3 Å². The van der Waals surface area contributed by atoms with Crippen LogP contribution in [-0.2, 0) is 6.18 Å². The average Bonchev–Trinajstić information content (AvgIpc) is 3.01. The van der Waals surface area contributed by atoms with Gasteiger partial charge < -0.3 is 9.15 Å². The van der Waals surface area contributed by atoms with Gasteiger partial charge in [0.05, 0.1) is 23.9 Å². The van der Waals surface area contributed by atoms with E-state index in [0.717, 1.165) is 17.5 Å². The van der Waals surface area contributed by atoms with E-state index < -0.39 is 11.7 Å². The lowest BCUT2D eigenvalue weighted by molar-refractivity contribution is -0.137. The summed E-state index contributed by atoms with van der Waals surface area (Å²) >= 11 is 0. The van der Waals surface area contributed by atoms with Crippen LogP contribution in [0.25, 0.3) is 22.6 Å². The maximum absolute atomic E-state index is 12.6. The molecule has 0 aliphatic rings. The number of nitrogens with zero attached hydrogens (tertiary/aromatic N) is 2. The van der Waals surface area contributed by atoms with Crippen LogP contribution in [0.1, 0.15) is 17.0 Å². The van der Waals surface area contributed by atoms with Crippen molar-refractivity contribution in [1.29, 1.82) is 5.26 Å². The third-order valence-electron chi connectivity index (χ3n) is 3.52. The lowest BCUT2D eigenvalue weighted by Crippen LogP contribution is -2.05. The number of methoxy groups -OCH3 is 1. The highest BCUT2D eigenvalue weighted by atomic mass is 19.4. The number of fused-ring (bicyclic) bond motifs is 1. The monoisotopic (exact) mass is 344 g/mol. The molecule has 0 saturated heterocycles. The van der Waals surface area contributed by atoms with E-state index in [0.29, 0.717) is 23.3 Å². The van der Waals surface area contributed by atoms with E-state index in [2.05, 4.69) is 4.98 Å². The van der Waals surface area contributed by atoms with Gasteiger partial charge in [-0.3, -0.25) is 4.98 Å². The molecule has 3 rings (SSSR count). The molecule has 0 amide bonds. The standard InChI is InChI=1S/C18H11F3N2O2/c1-24-16-4-2-3-11-7-14(25-17(11)16)8-12(9-22)15-6-5-13(10-23-15)18(19,20)21/h2-8,10H,1H3. The molecule has 4 nitrogen and oxygen atoms in total. The summed E-state index contributed by atoms with van der Waals surface area (Å²) in [6.07, 6.45) is -2.35. The first kappa shape index (κ1) is 16.6. The summed E-state index contributed by atoms with van der Waals surface area (Å²) in [7, 11) is 1.51. The molecule has 2 aromatic heterocycles. The third-order valence-corrected chi connectivity index (χ3v) is 3.52. The summed E-state index contributed by atoms with van der Waals surface area (Å²) in [5, 5.41) is 10.1. The topological polar surface area (TPSA) is 59.0 Å². The Bertz CT molecular complexity index is 980. The van der Waals surface area contributed by atoms with Crippen molar-refractivity contribution in [1.82, 2.24) is 4.98 Å². The molecule has 1 aromatic carbocycles. The first-order valence-electron chi connectivity index (χ1n) is 7.14. The van der Waals surface area contributed by atoms with Crippen molar-refractivity contribution in [3.05, 3.63) is 59.6 Å². The molecule has 7 heteroatoms. The SMILES string of the molecule is COc1cccc2cc(C=C(C#N)c3ccc(C(F)(F)F)cn3)oc12. The van der Waals surface area contributed by atoms with Crippen molar-refractivity contribution >= 4 is 22.6 Å². The molecule has 2 heterocycles. The highest BCUT2D eigenvalue weighted by Crippen LogP contribution is 2.31. The third kappa shape index (κ3) is 3.33. The van der Waals surface area contributed by atoms with Crippen molar-refractivity contribution in [2.24, 2.45) is 0 Å². The molecule has 3 aromatic rings. The Balaban J connectivity index is 2.00. The van der Waals surface area contributed by atoms with Gasteiger partial charge in [-0.15, -0.1) is 0 Å². The van der Waals surface area contributed by atoms with E-state index in [1.165, 1.54) is 13.2 Å². The highest BCUT2D eigenvalue weighted by molar-refractivity contribution is 5.91. The summed E-state index contributed by atoms with van der Waals surface area (Å²) in [5.74, 6) is 0.918. The first-order valence-corrected chi connectivity index (χ1v) is 7.14. The van der Waals surface area contributed by atoms with Gasteiger partial charge in [-0.2, -0.15) is 18.4 Å². The number of ether oxygens (including phenoxy) is 1. The number of benzene rings is 1. The summed E-state index contributed by atoms with van der Waals surface area (Å²) in [4.78, 5) is 3.72. The highest BCUT2D eigenvalue weighted by Gasteiger charge is 2.30. The number of rotatable bonds is 3. The Morgan fingerprint density at radius 3 is 2.68 bits per heavy atom. The number of aromatic nitrogens is 1. The Morgan fingerprint density at radius 1 is 1.28 bits per heavy atom. The molecule has 0 aliphatic carbocycles. The van der Waals surface area contributed by atoms with Gasteiger partial charge in [0.25, 0.3) is 0 Å². The fraction of sp³-hybridized carbons (Fsp3) is 0.111. The van der Waals surface area contributed by atoms with Crippen molar-refractivity contribution in [3.8, 4) is 11.8 Å². The molecule has 0 atom stereocenters. The number of alkyl halides is 3. The van der Waals surface area contributed by atoms with Gasteiger partial charge in [-0.05, 0) is 24.3 Å². The second kappa shape index (κ2) is 6.32. The van der Waals surface area contributed by atoms with Gasteiger partial charge in [0.2, 0.25) is 0 Å². The maximum atomic E-state index is 12.6. The van der Waals surface area contributed by atoms with Crippen LogP contribution in [0.15, 0.2) is 47.0 Å². The molecule has 25 heavy (non-hydrogen) atoms. The lowest BCUT2D eigenvalue weighted by Gasteiger charge is -2.06. The second-order valence-electron chi connectivity index (χ2n) is 5.13. The second-order valence-corrected chi connectivity index (χ2v) is 5.13. The van der Waals surface area contributed by atoms with Crippen LogP contribution in [0.5, 0.6) is 5.75 Å². The molecule has 0 N–H and O–H groups in total. The van der Waals surface area contributed by atoms with Crippen LogP contribution >= 0.6 is 0 Å². The molecule has 0 unspecified atom stereocenters. The largest absolute Gasteiger partial charge is 0.493 e. The lowest BCUT2D eigenvalue weighted by atomic mass is 10.1. The number of allylic oxidation sites excluding steroid dienone is 1. The first-order chi connectivity index (χ1) is 11.9. The van der Waals surface area contributed by atoms with E-state index in [1.54, 1.807) is 18.2 Å². The Kier molecular flexibility index (Phi) is 4.19. The van der Waals surface area contributed by atoms with Crippen molar-refractivity contribution in [2.75, 3.05) is 7.11 Å². The zero-order valence-corrected chi connectivity index (χ0v) is 13.0. The van der Waals surface area contributed by atoms with Crippen molar-refractivity contribution in [2.45, 2.75) is 6.18 Å². The molecular formula is C18H11F3N2O2. The van der Waals surface area contributed by atoms with E-state index in [4.69, 9.17) is 9.15 Å². The Hall–Kier alpha value is -3.27. The molecule has 0 fully saturated rings. The predicted octanol–water partition coefficient (Wildman–Crippen LogP) is 4.92. The zero-order valence-electron chi connectivity index (χ0n) is 13.0. The number of hydrogen-bond acceptors (Lipinski definition) is 4. The fourth-order valence-electron chi connectivity index (χ4n) is 2.31. The van der Waals surface area contributed by atoms with Crippen LogP contribution in [0.4, 0.5) is 13.2 Å². The average molecular weight is 344 g/mol. The van der Waals surface area contributed by atoms with E-state index in [1.807, 2.05) is 12.1 Å². The number of hydrogen-bond donors (Lipinski definition) is 0. The van der Waals surface area contributed by atoms with Crippen molar-refractivity contribution in [3.63, 3.8) is 0 Å². The number of pyridine rings is 1. The number of nitriles is 1. The summed E-state index contributed by atoms with van der Waals surface area (Å²) in [5.41, 5.74) is -0.134. The molecule has 0 bridgehead atoms. The summed E-state index contributed by atoms with van der Waals surface area (Å²) in [6, 6.07) is 11.0. The van der Waals surface area contributed by atoms with Crippen LogP contribution in [0, 0.1) is 11.3 Å². The smallest absolute Gasteiger partial charge is 0.417 e. The van der Waals surface area contributed by atoms with Crippen LogP contribution in [0.2, 0.25) is 0 Å². The van der Waals surface area contributed by atoms with Gasteiger partial charge >= 0.3 is 6.18 Å². The van der Waals surface area contributed by atoms with Crippen LogP contribution in [0.3, 0.4) is 0 Å². The predicted molar refractivity (Wildman–Crippen MR) is 85.5 cm³/mol. The number of halogens is 3. The zero-order chi connectivity index (χ0) is 18.0. The van der Waals surface area contributed by atoms with E-state index in [9.17, 15) is 18.4 Å². The molecular weight excluding hydrogens is 333 g/mol. The Morgan fingerprint density at radius 2 is 2.08 bits per heavy atom. The molecule has 126 valence electrons. The van der Waals surface area contributed by atoms with E-state index >= 15 is 0 Å². The minimum Gasteiger partial charge on any atom is -0.493 e. The van der Waals surface area contributed by atoms with Gasteiger partial charge in [0.1, 0.15) is 11.8 Å². The quantitative estimate of drug-likeness (QED) is 0.633.